The number of rotatable bonds is 0. The molecule has 0 spiro atoms. The van der Waals surface area contributed by atoms with E-state index in [1.54, 1.807) is 24.0 Å². The molecule has 1 aromatic rings. The van der Waals surface area contributed by atoms with Crippen molar-refractivity contribution < 1.29 is 4.79 Å². The highest BCUT2D eigenvalue weighted by Crippen LogP contribution is 2.30. The van der Waals surface area contributed by atoms with Crippen LogP contribution >= 0.6 is 23.4 Å². The maximum Gasteiger partial charge on any atom is 0.225 e. The van der Waals surface area contributed by atoms with Gasteiger partial charge in [0.15, 0.2) is 0 Å². The lowest BCUT2D eigenvalue weighted by Crippen LogP contribution is -2.10. The largest absolute Gasteiger partial charge is 0.324 e. The molecular formula is C8H7ClN2OS. The van der Waals surface area contributed by atoms with Crippen LogP contribution < -0.4 is 5.32 Å². The first-order valence-electron chi connectivity index (χ1n) is 3.84. The second kappa shape index (κ2) is 3.55. The van der Waals surface area contributed by atoms with E-state index >= 15 is 0 Å². The zero-order valence-corrected chi connectivity index (χ0v) is 8.28. The summed E-state index contributed by atoms with van der Waals surface area (Å²) in [5.74, 6) is 0.795. The lowest BCUT2D eigenvalue weighted by atomic mass is 10.4. The molecule has 1 N–H and O–H groups in total. The van der Waals surface area contributed by atoms with Gasteiger partial charge in [-0.2, -0.15) is 0 Å². The molecule has 0 radical (unpaired) electrons. The van der Waals surface area contributed by atoms with E-state index in [0.717, 1.165) is 16.5 Å². The fourth-order valence-corrected chi connectivity index (χ4v) is 2.12. The Morgan fingerprint density at radius 3 is 3.31 bits per heavy atom. The zero-order chi connectivity index (χ0) is 9.26. The van der Waals surface area contributed by atoms with Gasteiger partial charge in [-0.3, -0.25) is 4.79 Å². The van der Waals surface area contributed by atoms with Crippen LogP contribution in [0.5, 0.6) is 0 Å². The molecule has 0 bridgehead atoms. The molecule has 0 aromatic carbocycles. The summed E-state index contributed by atoms with van der Waals surface area (Å²) in [4.78, 5) is 15.3. The van der Waals surface area contributed by atoms with Gasteiger partial charge < -0.3 is 5.32 Å². The number of thioether (sulfide) groups is 1. The normalized spacial score (nSPS) is 15.9. The number of amides is 1. The average molecular weight is 215 g/mol. The van der Waals surface area contributed by atoms with Crippen molar-refractivity contribution in [2.24, 2.45) is 0 Å². The molecule has 1 aliphatic rings. The van der Waals surface area contributed by atoms with Crippen molar-refractivity contribution in [2.45, 2.75) is 11.4 Å². The van der Waals surface area contributed by atoms with Gasteiger partial charge in [0, 0.05) is 18.4 Å². The van der Waals surface area contributed by atoms with E-state index in [1.807, 2.05) is 0 Å². The standard InChI is InChI=1S/C8H7ClN2OS/c9-5-3-6-8(10-4-5)13-2-1-7(12)11-6/h3-4H,1-2H2,(H,11,12). The molecule has 0 aliphatic carbocycles. The summed E-state index contributed by atoms with van der Waals surface area (Å²) in [6, 6.07) is 1.72. The predicted octanol–water partition coefficient (Wildman–Crippen LogP) is 2.17. The van der Waals surface area contributed by atoms with Gasteiger partial charge in [0.2, 0.25) is 5.91 Å². The number of fused-ring (bicyclic) bond motifs is 1. The summed E-state index contributed by atoms with van der Waals surface area (Å²) in [6.07, 6.45) is 2.11. The molecule has 2 heterocycles. The van der Waals surface area contributed by atoms with Crippen molar-refractivity contribution >= 4 is 35.0 Å². The number of hydrogen-bond acceptors (Lipinski definition) is 3. The van der Waals surface area contributed by atoms with Gasteiger partial charge in [-0.15, -0.1) is 11.8 Å². The van der Waals surface area contributed by atoms with Gasteiger partial charge in [0.05, 0.1) is 10.7 Å². The molecule has 3 nitrogen and oxygen atoms in total. The Kier molecular flexibility index (Phi) is 2.42. The SMILES string of the molecule is O=C1CCSc2ncc(Cl)cc2N1. The van der Waals surface area contributed by atoms with Crippen molar-refractivity contribution in [1.29, 1.82) is 0 Å². The first-order valence-corrected chi connectivity index (χ1v) is 5.20. The fourth-order valence-electron chi connectivity index (χ4n) is 1.08. The van der Waals surface area contributed by atoms with Crippen molar-refractivity contribution in [3.05, 3.63) is 17.3 Å². The Labute approximate surface area is 84.9 Å². The highest BCUT2D eigenvalue weighted by molar-refractivity contribution is 7.99. The zero-order valence-electron chi connectivity index (χ0n) is 6.71. The number of anilines is 1. The Morgan fingerprint density at radius 2 is 2.46 bits per heavy atom. The molecular weight excluding hydrogens is 208 g/mol. The number of carbonyl (C=O) groups is 1. The number of pyridine rings is 1. The minimum atomic E-state index is 0.0234. The number of nitrogens with one attached hydrogen (secondary N) is 1. The highest BCUT2D eigenvalue weighted by atomic mass is 35.5. The average Bonchev–Trinajstić information content (AvgIpc) is 2.25. The molecule has 1 aromatic heterocycles. The van der Waals surface area contributed by atoms with Crippen molar-refractivity contribution in [1.82, 2.24) is 4.98 Å². The van der Waals surface area contributed by atoms with E-state index in [9.17, 15) is 4.79 Å². The molecule has 0 unspecified atom stereocenters. The van der Waals surface area contributed by atoms with Crippen molar-refractivity contribution in [2.75, 3.05) is 11.1 Å². The van der Waals surface area contributed by atoms with Gasteiger partial charge in [0.1, 0.15) is 5.03 Å². The van der Waals surface area contributed by atoms with Crippen LogP contribution in [0.2, 0.25) is 5.02 Å². The second-order valence-electron chi connectivity index (χ2n) is 2.65. The van der Waals surface area contributed by atoms with Crippen LogP contribution in [0.1, 0.15) is 6.42 Å². The van der Waals surface area contributed by atoms with Crippen LogP contribution in [0.3, 0.4) is 0 Å². The lowest BCUT2D eigenvalue weighted by Gasteiger charge is -2.03. The number of hydrogen-bond donors (Lipinski definition) is 1. The summed E-state index contributed by atoms with van der Waals surface area (Å²) in [7, 11) is 0. The molecule has 13 heavy (non-hydrogen) atoms. The number of aromatic nitrogens is 1. The summed E-state index contributed by atoms with van der Waals surface area (Å²) in [5, 5.41) is 4.14. The van der Waals surface area contributed by atoms with Gasteiger partial charge in [0.25, 0.3) is 0 Å². The summed E-state index contributed by atoms with van der Waals surface area (Å²) < 4.78 is 0. The molecule has 1 aliphatic heterocycles. The second-order valence-corrected chi connectivity index (χ2v) is 4.17. The molecule has 2 rings (SSSR count). The maximum atomic E-state index is 11.2. The Balaban J connectivity index is 2.40. The van der Waals surface area contributed by atoms with E-state index in [4.69, 9.17) is 11.6 Å². The Hall–Kier alpha value is -0.740. The molecule has 5 heteroatoms. The molecule has 0 fully saturated rings. The van der Waals surface area contributed by atoms with Crippen LogP contribution in [0.4, 0.5) is 5.69 Å². The van der Waals surface area contributed by atoms with Gasteiger partial charge >= 0.3 is 0 Å². The minimum Gasteiger partial charge on any atom is -0.324 e. The third-order valence-corrected chi connectivity index (χ3v) is 2.87. The summed E-state index contributed by atoms with van der Waals surface area (Å²) in [6.45, 7) is 0. The third-order valence-electron chi connectivity index (χ3n) is 1.66. The first-order chi connectivity index (χ1) is 6.25. The minimum absolute atomic E-state index is 0.0234. The topological polar surface area (TPSA) is 42.0 Å². The van der Waals surface area contributed by atoms with Gasteiger partial charge in [-0.05, 0) is 6.07 Å². The van der Waals surface area contributed by atoms with Gasteiger partial charge in [-0.1, -0.05) is 11.6 Å². The Morgan fingerprint density at radius 1 is 1.62 bits per heavy atom. The molecule has 0 saturated carbocycles. The van der Waals surface area contributed by atoms with Crippen LogP contribution in [0, 0.1) is 0 Å². The number of halogens is 1. The van der Waals surface area contributed by atoms with Crippen LogP contribution in [0.15, 0.2) is 17.3 Å². The van der Waals surface area contributed by atoms with Crippen LogP contribution in [-0.4, -0.2) is 16.6 Å². The summed E-state index contributed by atoms with van der Waals surface area (Å²) in [5.41, 5.74) is 0.722. The lowest BCUT2D eigenvalue weighted by molar-refractivity contribution is -0.115. The van der Waals surface area contributed by atoms with Crippen molar-refractivity contribution in [3.63, 3.8) is 0 Å². The van der Waals surface area contributed by atoms with E-state index in [2.05, 4.69) is 10.3 Å². The van der Waals surface area contributed by atoms with Crippen molar-refractivity contribution in [3.8, 4) is 0 Å². The maximum absolute atomic E-state index is 11.2. The smallest absolute Gasteiger partial charge is 0.225 e. The molecule has 68 valence electrons. The number of nitrogens with zero attached hydrogens (tertiary/aromatic N) is 1. The summed E-state index contributed by atoms with van der Waals surface area (Å²) >= 11 is 7.32. The third kappa shape index (κ3) is 1.95. The van der Waals surface area contributed by atoms with Crippen LogP contribution in [0.25, 0.3) is 0 Å². The van der Waals surface area contributed by atoms with E-state index in [0.29, 0.717) is 11.4 Å². The Bertz CT molecular complexity index is 356. The quantitative estimate of drug-likeness (QED) is 0.720. The molecule has 1 amide bonds. The van der Waals surface area contributed by atoms with Gasteiger partial charge in [-0.25, -0.2) is 4.98 Å². The van der Waals surface area contributed by atoms with E-state index < -0.39 is 0 Å². The van der Waals surface area contributed by atoms with E-state index in [-0.39, 0.29) is 5.91 Å². The van der Waals surface area contributed by atoms with E-state index in [1.165, 1.54) is 0 Å². The number of carbonyl (C=O) groups excluding carboxylic acids is 1. The molecule has 0 atom stereocenters. The predicted molar refractivity (Wildman–Crippen MR) is 53.2 cm³/mol. The van der Waals surface area contributed by atoms with Crippen LogP contribution in [-0.2, 0) is 4.79 Å². The monoisotopic (exact) mass is 214 g/mol. The fraction of sp³-hybridized carbons (Fsp3) is 0.250. The molecule has 0 saturated heterocycles. The highest BCUT2D eigenvalue weighted by Gasteiger charge is 2.14. The first kappa shape index (κ1) is 8.84.